The molecule has 0 aliphatic rings. The Morgan fingerprint density at radius 1 is 1.19 bits per heavy atom. The molecule has 0 spiro atoms. The van der Waals surface area contributed by atoms with Crippen LogP contribution in [0.1, 0.15) is 22.9 Å². The van der Waals surface area contributed by atoms with Crippen LogP contribution in [0.5, 0.6) is 5.75 Å². The van der Waals surface area contributed by atoms with Crippen molar-refractivity contribution in [1.29, 1.82) is 0 Å². The van der Waals surface area contributed by atoms with Crippen LogP contribution >= 0.6 is 39.1 Å². The first-order chi connectivity index (χ1) is 10.0. The SMILES string of the molecule is CCOc1cc(Cl)c(C(Br)Cc2ccccc2F)cc1Cl. The van der Waals surface area contributed by atoms with E-state index in [2.05, 4.69) is 15.9 Å². The lowest BCUT2D eigenvalue weighted by molar-refractivity contribution is 0.340. The van der Waals surface area contributed by atoms with E-state index in [0.717, 1.165) is 5.56 Å². The topological polar surface area (TPSA) is 9.23 Å². The van der Waals surface area contributed by atoms with Crippen LogP contribution in [-0.4, -0.2) is 6.61 Å². The van der Waals surface area contributed by atoms with E-state index in [4.69, 9.17) is 27.9 Å². The zero-order chi connectivity index (χ0) is 15.4. The van der Waals surface area contributed by atoms with Crippen LogP contribution in [0.25, 0.3) is 0 Å². The summed E-state index contributed by atoms with van der Waals surface area (Å²) in [4.78, 5) is -0.130. The van der Waals surface area contributed by atoms with Crippen molar-refractivity contribution in [2.75, 3.05) is 6.61 Å². The third-order valence-electron chi connectivity index (χ3n) is 3.05. The highest BCUT2D eigenvalue weighted by molar-refractivity contribution is 9.09. The fourth-order valence-electron chi connectivity index (χ4n) is 2.02. The fraction of sp³-hybridized carbons (Fsp3) is 0.250. The summed E-state index contributed by atoms with van der Waals surface area (Å²) in [5.41, 5.74) is 1.44. The zero-order valence-corrected chi connectivity index (χ0v) is 14.5. The minimum atomic E-state index is -0.227. The average molecular weight is 392 g/mol. The molecule has 1 unspecified atom stereocenters. The third kappa shape index (κ3) is 4.12. The van der Waals surface area contributed by atoms with Crippen molar-refractivity contribution in [3.8, 4) is 5.75 Å². The smallest absolute Gasteiger partial charge is 0.139 e. The van der Waals surface area contributed by atoms with Gasteiger partial charge >= 0.3 is 0 Å². The first kappa shape index (κ1) is 16.6. The summed E-state index contributed by atoms with van der Waals surface area (Å²) in [5.74, 6) is 0.327. The van der Waals surface area contributed by atoms with E-state index in [-0.39, 0.29) is 10.6 Å². The molecule has 0 bridgehead atoms. The van der Waals surface area contributed by atoms with Gasteiger partial charge in [-0.15, -0.1) is 0 Å². The van der Waals surface area contributed by atoms with E-state index in [9.17, 15) is 4.39 Å². The lowest BCUT2D eigenvalue weighted by Gasteiger charge is -2.15. The molecule has 2 aromatic rings. The molecule has 0 aromatic heterocycles. The minimum absolute atomic E-state index is 0.130. The molecule has 1 atom stereocenters. The number of ether oxygens (including phenoxy) is 1. The molecule has 0 fully saturated rings. The van der Waals surface area contributed by atoms with E-state index in [1.807, 2.05) is 13.0 Å². The molecule has 21 heavy (non-hydrogen) atoms. The van der Waals surface area contributed by atoms with Crippen LogP contribution in [0.2, 0.25) is 10.0 Å². The van der Waals surface area contributed by atoms with Gasteiger partial charge in [0.25, 0.3) is 0 Å². The summed E-state index contributed by atoms with van der Waals surface area (Å²) in [7, 11) is 0. The molecule has 0 N–H and O–H groups in total. The summed E-state index contributed by atoms with van der Waals surface area (Å²) in [6.07, 6.45) is 0.483. The van der Waals surface area contributed by atoms with Crippen molar-refractivity contribution in [3.63, 3.8) is 0 Å². The van der Waals surface area contributed by atoms with Crippen molar-refractivity contribution in [1.82, 2.24) is 0 Å². The maximum Gasteiger partial charge on any atom is 0.139 e. The Bertz CT molecular complexity index is 634. The Morgan fingerprint density at radius 2 is 1.90 bits per heavy atom. The molecular formula is C16H14BrCl2FO. The first-order valence-electron chi connectivity index (χ1n) is 6.52. The fourth-order valence-corrected chi connectivity index (χ4v) is 3.39. The summed E-state index contributed by atoms with van der Waals surface area (Å²) < 4.78 is 19.1. The standard InChI is InChI=1S/C16H14BrCl2FO/c1-2-21-16-9-13(18)11(8-14(16)19)12(17)7-10-5-3-4-6-15(10)20/h3-6,8-9,12H,2,7H2,1H3. The van der Waals surface area contributed by atoms with E-state index in [1.165, 1.54) is 6.07 Å². The van der Waals surface area contributed by atoms with E-state index >= 15 is 0 Å². The Hall–Kier alpha value is -0.770. The van der Waals surface area contributed by atoms with Crippen LogP contribution in [0.3, 0.4) is 0 Å². The van der Waals surface area contributed by atoms with E-state index in [1.54, 1.807) is 24.3 Å². The van der Waals surface area contributed by atoms with Gasteiger partial charge in [0.2, 0.25) is 0 Å². The summed E-state index contributed by atoms with van der Waals surface area (Å²) >= 11 is 16.0. The van der Waals surface area contributed by atoms with Gasteiger partial charge in [0, 0.05) is 15.9 Å². The molecule has 0 aliphatic heterocycles. The van der Waals surface area contributed by atoms with Gasteiger partial charge < -0.3 is 4.74 Å². The highest BCUT2D eigenvalue weighted by atomic mass is 79.9. The van der Waals surface area contributed by atoms with Gasteiger partial charge in [0.15, 0.2) is 0 Å². The molecule has 2 aromatic carbocycles. The van der Waals surface area contributed by atoms with Crippen LogP contribution in [0.15, 0.2) is 36.4 Å². The van der Waals surface area contributed by atoms with Crippen molar-refractivity contribution >= 4 is 39.1 Å². The maximum absolute atomic E-state index is 13.7. The molecule has 1 nitrogen and oxygen atoms in total. The highest BCUT2D eigenvalue weighted by Crippen LogP contribution is 2.38. The number of hydrogen-bond donors (Lipinski definition) is 0. The van der Waals surface area contributed by atoms with Gasteiger partial charge in [-0.2, -0.15) is 0 Å². The number of hydrogen-bond acceptors (Lipinski definition) is 1. The molecule has 0 amide bonds. The van der Waals surface area contributed by atoms with Crippen LogP contribution in [-0.2, 0) is 6.42 Å². The van der Waals surface area contributed by atoms with Gasteiger partial charge in [-0.1, -0.05) is 57.3 Å². The molecular weight excluding hydrogens is 378 g/mol. The molecule has 0 aliphatic carbocycles. The molecule has 0 saturated heterocycles. The second-order valence-electron chi connectivity index (χ2n) is 4.50. The number of rotatable bonds is 5. The molecule has 0 radical (unpaired) electrons. The monoisotopic (exact) mass is 390 g/mol. The molecule has 0 saturated carbocycles. The predicted octanol–water partition coefficient (Wildman–Crippen LogP) is 6.21. The predicted molar refractivity (Wildman–Crippen MR) is 89.4 cm³/mol. The Kier molecular flexibility index (Phi) is 5.91. The normalized spacial score (nSPS) is 12.2. The molecule has 112 valence electrons. The average Bonchev–Trinajstić information content (AvgIpc) is 2.45. The minimum Gasteiger partial charge on any atom is -0.492 e. The lowest BCUT2D eigenvalue weighted by atomic mass is 10.0. The Balaban J connectivity index is 2.25. The summed E-state index contributed by atoms with van der Waals surface area (Å²) in [5, 5.41) is 1.04. The Morgan fingerprint density at radius 3 is 2.57 bits per heavy atom. The van der Waals surface area contributed by atoms with Crippen molar-refractivity contribution in [2.24, 2.45) is 0 Å². The number of alkyl halides is 1. The van der Waals surface area contributed by atoms with Crippen molar-refractivity contribution in [3.05, 3.63) is 63.4 Å². The van der Waals surface area contributed by atoms with Gasteiger partial charge in [-0.05, 0) is 36.6 Å². The molecule has 5 heteroatoms. The van der Waals surface area contributed by atoms with Crippen molar-refractivity contribution in [2.45, 2.75) is 18.2 Å². The van der Waals surface area contributed by atoms with Crippen LogP contribution < -0.4 is 4.74 Å². The summed E-state index contributed by atoms with van der Waals surface area (Å²) in [6.45, 7) is 2.39. The largest absolute Gasteiger partial charge is 0.492 e. The second kappa shape index (κ2) is 7.48. The van der Waals surface area contributed by atoms with E-state index < -0.39 is 0 Å². The zero-order valence-electron chi connectivity index (χ0n) is 11.4. The second-order valence-corrected chi connectivity index (χ2v) is 6.42. The van der Waals surface area contributed by atoms with E-state index in [0.29, 0.717) is 34.4 Å². The van der Waals surface area contributed by atoms with Gasteiger partial charge in [-0.3, -0.25) is 0 Å². The Labute approximate surface area is 142 Å². The first-order valence-corrected chi connectivity index (χ1v) is 8.19. The summed E-state index contributed by atoms with van der Waals surface area (Å²) in [6, 6.07) is 10.1. The number of halogens is 4. The van der Waals surface area contributed by atoms with Gasteiger partial charge in [0.05, 0.1) is 11.6 Å². The van der Waals surface area contributed by atoms with Gasteiger partial charge in [0.1, 0.15) is 11.6 Å². The van der Waals surface area contributed by atoms with Crippen molar-refractivity contribution < 1.29 is 9.13 Å². The quantitative estimate of drug-likeness (QED) is 0.550. The third-order valence-corrected chi connectivity index (χ3v) is 4.49. The van der Waals surface area contributed by atoms with Crippen LogP contribution in [0, 0.1) is 5.82 Å². The van der Waals surface area contributed by atoms with Gasteiger partial charge in [-0.25, -0.2) is 4.39 Å². The number of benzene rings is 2. The maximum atomic E-state index is 13.7. The highest BCUT2D eigenvalue weighted by Gasteiger charge is 2.17. The lowest BCUT2D eigenvalue weighted by Crippen LogP contribution is -2.00. The molecule has 0 heterocycles. The van der Waals surface area contributed by atoms with Crippen LogP contribution in [0.4, 0.5) is 4.39 Å². The molecule has 2 rings (SSSR count).